The Morgan fingerprint density at radius 2 is 1.38 bits per heavy atom. The molecule has 0 radical (unpaired) electrons. The number of fused-ring (bicyclic) bond motifs is 1. The number of aryl methyl sites for hydroxylation is 1. The average Bonchev–Trinajstić information content (AvgIpc) is 2.77. The van der Waals surface area contributed by atoms with Gasteiger partial charge in [-0.1, -0.05) is 78.9 Å². The molecule has 29 heavy (non-hydrogen) atoms. The highest BCUT2D eigenvalue weighted by Gasteiger charge is 2.18. The molecule has 0 fully saturated rings. The number of amides is 1. The first kappa shape index (κ1) is 18.6. The summed E-state index contributed by atoms with van der Waals surface area (Å²) < 4.78 is 1.24. The van der Waals surface area contributed by atoms with Gasteiger partial charge in [-0.05, 0) is 24.1 Å². The molecule has 144 valence electrons. The second-order valence-electron chi connectivity index (χ2n) is 6.92. The topological polar surface area (TPSA) is 64.0 Å². The van der Waals surface area contributed by atoms with E-state index in [1.165, 1.54) is 4.68 Å². The Kier molecular flexibility index (Phi) is 5.20. The van der Waals surface area contributed by atoms with Crippen LogP contribution in [0.1, 0.15) is 22.9 Å². The van der Waals surface area contributed by atoms with Crippen LogP contribution in [-0.2, 0) is 11.3 Å². The average molecular weight is 383 g/mol. The molecule has 0 unspecified atom stereocenters. The van der Waals surface area contributed by atoms with E-state index in [-0.39, 0.29) is 24.1 Å². The van der Waals surface area contributed by atoms with Crippen LogP contribution in [0.2, 0.25) is 0 Å². The van der Waals surface area contributed by atoms with Gasteiger partial charge in [0, 0.05) is 5.39 Å². The fourth-order valence-electron chi connectivity index (χ4n) is 3.50. The summed E-state index contributed by atoms with van der Waals surface area (Å²) in [4.78, 5) is 25.6. The molecule has 1 aromatic heterocycles. The summed E-state index contributed by atoms with van der Waals surface area (Å²) in [7, 11) is 0. The van der Waals surface area contributed by atoms with Crippen molar-refractivity contribution in [3.8, 4) is 0 Å². The van der Waals surface area contributed by atoms with Crippen molar-refractivity contribution in [1.29, 1.82) is 0 Å². The summed E-state index contributed by atoms with van der Waals surface area (Å²) in [5, 5.41) is 8.76. The number of nitrogens with one attached hydrogen (secondary N) is 1. The molecule has 0 spiro atoms. The molecule has 4 rings (SSSR count). The molecule has 0 saturated heterocycles. The first-order valence-corrected chi connectivity index (χ1v) is 9.49. The lowest BCUT2D eigenvalue weighted by Gasteiger charge is -2.20. The van der Waals surface area contributed by atoms with Crippen molar-refractivity contribution in [1.82, 2.24) is 15.1 Å². The van der Waals surface area contributed by atoms with Crippen molar-refractivity contribution in [2.75, 3.05) is 0 Å². The van der Waals surface area contributed by atoms with E-state index < -0.39 is 0 Å². The smallest absolute Gasteiger partial charge is 0.275 e. The van der Waals surface area contributed by atoms with Crippen LogP contribution in [0, 0.1) is 6.92 Å². The number of hydrogen-bond acceptors (Lipinski definition) is 3. The number of carbonyl (C=O) groups excluding carboxylic acids is 1. The predicted octanol–water partition coefficient (Wildman–Crippen LogP) is 3.61. The number of aromatic nitrogens is 2. The standard InChI is InChI=1S/C24H21N3O2/c1-17-20-14-8-9-15-21(20)24(29)27(26-17)16-22(28)25-23(18-10-4-2-5-11-18)19-12-6-3-7-13-19/h2-15,23H,16H2,1H3,(H,25,28). The van der Waals surface area contributed by atoms with Crippen LogP contribution in [0.25, 0.3) is 10.8 Å². The van der Waals surface area contributed by atoms with E-state index in [1.807, 2.05) is 85.8 Å². The lowest BCUT2D eigenvalue weighted by molar-refractivity contribution is -0.122. The van der Waals surface area contributed by atoms with E-state index >= 15 is 0 Å². The van der Waals surface area contributed by atoms with Gasteiger partial charge < -0.3 is 5.32 Å². The third-order valence-corrected chi connectivity index (χ3v) is 4.92. The Bertz CT molecular complexity index is 1160. The molecule has 0 aliphatic heterocycles. The van der Waals surface area contributed by atoms with Gasteiger partial charge in [0.1, 0.15) is 6.54 Å². The summed E-state index contributed by atoms with van der Waals surface area (Å²) in [6.07, 6.45) is 0. The number of hydrogen-bond donors (Lipinski definition) is 1. The molecule has 0 aliphatic carbocycles. The van der Waals surface area contributed by atoms with Gasteiger partial charge in [0.15, 0.2) is 0 Å². The summed E-state index contributed by atoms with van der Waals surface area (Å²) in [5.74, 6) is -0.271. The minimum Gasteiger partial charge on any atom is -0.344 e. The highest BCUT2D eigenvalue weighted by Crippen LogP contribution is 2.21. The molecule has 1 amide bonds. The third kappa shape index (κ3) is 3.94. The first-order valence-electron chi connectivity index (χ1n) is 9.49. The van der Waals surface area contributed by atoms with Crippen LogP contribution >= 0.6 is 0 Å². The Morgan fingerprint density at radius 1 is 0.862 bits per heavy atom. The monoisotopic (exact) mass is 383 g/mol. The minimum atomic E-state index is -0.304. The molecular formula is C24H21N3O2. The normalized spacial score (nSPS) is 11.0. The van der Waals surface area contributed by atoms with Crippen LogP contribution < -0.4 is 10.9 Å². The Hall–Kier alpha value is -3.73. The Balaban J connectivity index is 1.63. The lowest BCUT2D eigenvalue weighted by Crippen LogP contribution is -2.36. The maximum atomic E-state index is 12.9. The largest absolute Gasteiger partial charge is 0.344 e. The van der Waals surface area contributed by atoms with Crippen LogP contribution in [0.15, 0.2) is 89.7 Å². The summed E-state index contributed by atoms with van der Waals surface area (Å²) in [6, 6.07) is 26.5. The maximum absolute atomic E-state index is 12.9. The Morgan fingerprint density at radius 3 is 1.97 bits per heavy atom. The van der Waals surface area contributed by atoms with Crippen molar-refractivity contribution < 1.29 is 4.79 Å². The maximum Gasteiger partial charge on any atom is 0.275 e. The molecule has 1 N–H and O–H groups in total. The van der Waals surface area contributed by atoms with Crippen LogP contribution in [0.5, 0.6) is 0 Å². The second kappa shape index (κ2) is 8.10. The Labute approximate surface area is 168 Å². The zero-order valence-corrected chi connectivity index (χ0v) is 16.1. The van der Waals surface area contributed by atoms with Crippen molar-refractivity contribution >= 4 is 16.7 Å². The summed E-state index contributed by atoms with van der Waals surface area (Å²) in [5.41, 5.74) is 2.40. The summed E-state index contributed by atoms with van der Waals surface area (Å²) >= 11 is 0. The molecule has 0 saturated carbocycles. The summed E-state index contributed by atoms with van der Waals surface area (Å²) in [6.45, 7) is 1.70. The highest BCUT2D eigenvalue weighted by molar-refractivity contribution is 5.83. The molecule has 0 atom stereocenters. The van der Waals surface area contributed by atoms with E-state index in [2.05, 4.69) is 10.4 Å². The van der Waals surface area contributed by atoms with Crippen molar-refractivity contribution in [3.05, 3.63) is 112 Å². The van der Waals surface area contributed by atoms with Crippen molar-refractivity contribution in [2.24, 2.45) is 0 Å². The van der Waals surface area contributed by atoms with Gasteiger partial charge in [-0.3, -0.25) is 9.59 Å². The van der Waals surface area contributed by atoms with Gasteiger partial charge in [0.05, 0.1) is 17.1 Å². The number of nitrogens with zero attached hydrogens (tertiary/aromatic N) is 2. The molecule has 0 aliphatic rings. The molecule has 5 nitrogen and oxygen atoms in total. The quantitative estimate of drug-likeness (QED) is 0.573. The molecular weight excluding hydrogens is 362 g/mol. The molecule has 1 heterocycles. The zero-order valence-electron chi connectivity index (χ0n) is 16.1. The fourth-order valence-corrected chi connectivity index (χ4v) is 3.50. The molecule has 0 bridgehead atoms. The van der Waals surface area contributed by atoms with Crippen molar-refractivity contribution in [3.63, 3.8) is 0 Å². The highest BCUT2D eigenvalue weighted by atomic mass is 16.2. The van der Waals surface area contributed by atoms with Gasteiger partial charge >= 0.3 is 0 Å². The molecule has 3 aromatic carbocycles. The molecule has 4 aromatic rings. The van der Waals surface area contributed by atoms with E-state index in [0.29, 0.717) is 5.39 Å². The number of rotatable bonds is 5. The number of carbonyl (C=O) groups is 1. The van der Waals surface area contributed by atoms with Crippen LogP contribution in [-0.4, -0.2) is 15.7 Å². The lowest BCUT2D eigenvalue weighted by atomic mass is 9.99. The SMILES string of the molecule is Cc1nn(CC(=O)NC(c2ccccc2)c2ccccc2)c(=O)c2ccccc12. The second-order valence-corrected chi connectivity index (χ2v) is 6.92. The van der Waals surface area contributed by atoms with E-state index in [0.717, 1.165) is 22.2 Å². The minimum absolute atomic E-state index is 0.138. The van der Waals surface area contributed by atoms with Gasteiger partial charge in [0.2, 0.25) is 5.91 Å². The first-order chi connectivity index (χ1) is 14.1. The third-order valence-electron chi connectivity index (χ3n) is 4.92. The van der Waals surface area contributed by atoms with E-state index in [1.54, 1.807) is 6.07 Å². The van der Waals surface area contributed by atoms with E-state index in [9.17, 15) is 9.59 Å². The van der Waals surface area contributed by atoms with Crippen LogP contribution in [0.3, 0.4) is 0 Å². The van der Waals surface area contributed by atoms with Gasteiger partial charge in [-0.2, -0.15) is 5.10 Å². The van der Waals surface area contributed by atoms with Gasteiger partial charge in [-0.15, -0.1) is 0 Å². The van der Waals surface area contributed by atoms with Crippen LogP contribution in [0.4, 0.5) is 0 Å². The number of benzene rings is 3. The predicted molar refractivity (Wildman–Crippen MR) is 114 cm³/mol. The zero-order chi connectivity index (χ0) is 20.2. The van der Waals surface area contributed by atoms with Crippen molar-refractivity contribution in [2.45, 2.75) is 19.5 Å². The van der Waals surface area contributed by atoms with E-state index in [4.69, 9.17) is 0 Å². The van der Waals surface area contributed by atoms with Gasteiger partial charge in [0.25, 0.3) is 5.56 Å². The fraction of sp³-hybridized carbons (Fsp3) is 0.125. The van der Waals surface area contributed by atoms with Gasteiger partial charge in [-0.25, -0.2) is 4.68 Å². The molecule has 5 heteroatoms.